The number of amides is 3. The second kappa shape index (κ2) is 8.64. The molecule has 2 aliphatic heterocycles. The Balaban J connectivity index is 1.29. The number of urea groups is 1. The first kappa shape index (κ1) is 19.4. The molecule has 3 heterocycles. The molecular formula is C19H24N6O3S. The van der Waals surface area contributed by atoms with Crippen LogP contribution in [-0.2, 0) is 0 Å². The van der Waals surface area contributed by atoms with Crippen LogP contribution in [0.25, 0.3) is 11.4 Å². The average Bonchev–Trinajstić information content (AvgIpc) is 3.25. The van der Waals surface area contributed by atoms with Crippen LogP contribution in [0.4, 0.5) is 14.7 Å². The third-order valence-electron chi connectivity index (χ3n) is 5.30. The number of hydrogen-bond donors (Lipinski definition) is 2. The van der Waals surface area contributed by atoms with Crippen LogP contribution in [0.2, 0.25) is 0 Å². The fraction of sp³-hybridized carbons (Fsp3) is 0.474. The largest absolute Gasteiger partial charge is 0.465 e. The lowest BCUT2D eigenvalue weighted by Crippen LogP contribution is -2.56. The molecule has 10 heteroatoms. The molecule has 3 amide bonds. The van der Waals surface area contributed by atoms with E-state index in [9.17, 15) is 9.59 Å². The van der Waals surface area contributed by atoms with Gasteiger partial charge in [-0.2, -0.15) is 9.36 Å². The molecule has 0 radical (unpaired) electrons. The summed E-state index contributed by atoms with van der Waals surface area (Å²) >= 11 is 1.38. The summed E-state index contributed by atoms with van der Waals surface area (Å²) in [5, 5.41) is 13.0. The molecule has 0 aliphatic carbocycles. The number of rotatable bonds is 3. The summed E-state index contributed by atoms with van der Waals surface area (Å²) in [5.74, 6) is 0.728. The van der Waals surface area contributed by atoms with Gasteiger partial charge >= 0.3 is 12.1 Å². The quantitative estimate of drug-likeness (QED) is 0.795. The Kier molecular flexibility index (Phi) is 5.79. The molecule has 1 aromatic heterocycles. The van der Waals surface area contributed by atoms with Crippen molar-refractivity contribution in [3.63, 3.8) is 0 Å². The van der Waals surface area contributed by atoms with E-state index >= 15 is 0 Å². The van der Waals surface area contributed by atoms with Crippen molar-refractivity contribution >= 4 is 28.8 Å². The SMILES string of the molecule is O=C(O)N1CCCC(NC(=O)N2CCN(c3nc(-c4ccccc4)ns3)CC2)C1. The van der Waals surface area contributed by atoms with Gasteiger partial charge in [0.1, 0.15) is 0 Å². The van der Waals surface area contributed by atoms with Gasteiger partial charge < -0.3 is 25.1 Å². The third kappa shape index (κ3) is 4.58. The highest BCUT2D eigenvalue weighted by Crippen LogP contribution is 2.24. The minimum absolute atomic E-state index is 0.121. The monoisotopic (exact) mass is 416 g/mol. The van der Waals surface area contributed by atoms with Crippen LogP contribution in [0, 0.1) is 0 Å². The molecule has 9 nitrogen and oxygen atoms in total. The van der Waals surface area contributed by atoms with Gasteiger partial charge in [0.2, 0.25) is 5.13 Å². The predicted octanol–water partition coefficient (Wildman–Crippen LogP) is 2.18. The highest BCUT2D eigenvalue weighted by Gasteiger charge is 2.28. The number of aromatic nitrogens is 2. The maximum Gasteiger partial charge on any atom is 0.407 e. The normalized spacial score (nSPS) is 19.9. The lowest BCUT2D eigenvalue weighted by molar-refractivity contribution is 0.124. The van der Waals surface area contributed by atoms with Gasteiger partial charge in [-0.25, -0.2) is 9.59 Å². The summed E-state index contributed by atoms with van der Waals surface area (Å²) in [6.45, 7) is 3.48. The van der Waals surface area contributed by atoms with Crippen LogP contribution in [0.5, 0.6) is 0 Å². The maximum absolute atomic E-state index is 12.6. The first-order valence-electron chi connectivity index (χ1n) is 9.77. The number of piperazine rings is 1. The van der Waals surface area contributed by atoms with Gasteiger partial charge in [-0.15, -0.1) is 0 Å². The molecule has 1 atom stereocenters. The molecule has 29 heavy (non-hydrogen) atoms. The van der Waals surface area contributed by atoms with E-state index in [1.54, 1.807) is 4.90 Å². The van der Waals surface area contributed by atoms with Crippen molar-refractivity contribution in [2.45, 2.75) is 18.9 Å². The number of hydrogen-bond acceptors (Lipinski definition) is 6. The van der Waals surface area contributed by atoms with Crippen LogP contribution in [0.3, 0.4) is 0 Å². The van der Waals surface area contributed by atoms with E-state index < -0.39 is 6.09 Å². The summed E-state index contributed by atoms with van der Waals surface area (Å²) in [6.07, 6.45) is 0.651. The molecule has 4 rings (SSSR count). The van der Waals surface area contributed by atoms with Crippen molar-refractivity contribution < 1.29 is 14.7 Å². The van der Waals surface area contributed by atoms with Gasteiger partial charge in [0.15, 0.2) is 5.82 Å². The Bertz CT molecular complexity index is 853. The van der Waals surface area contributed by atoms with Crippen molar-refractivity contribution in [3.8, 4) is 11.4 Å². The van der Waals surface area contributed by atoms with Crippen LogP contribution < -0.4 is 10.2 Å². The molecule has 0 saturated carbocycles. The lowest BCUT2D eigenvalue weighted by atomic mass is 10.1. The minimum Gasteiger partial charge on any atom is -0.465 e. The molecule has 0 spiro atoms. The van der Waals surface area contributed by atoms with E-state index in [1.807, 2.05) is 30.3 Å². The van der Waals surface area contributed by atoms with Crippen molar-refractivity contribution in [1.29, 1.82) is 0 Å². The minimum atomic E-state index is -0.926. The van der Waals surface area contributed by atoms with Gasteiger partial charge in [-0.1, -0.05) is 30.3 Å². The zero-order valence-corrected chi connectivity index (χ0v) is 16.8. The summed E-state index contributed by atoms with van der Waals surface area (Å²) in [4.78, 5) is 33.7. The number of nitrogens with one attached hydrogen (secondary N) is 1. The van der Waals surface area contributed by atoms with Crippen molar-refractivity contribution in [1.82, 2.24) is 24.5 Å². The maximum atomic E-state index is 12.6. The van der Waals surface area contributed by atoms with Gasteiger partial charge in [0.05, 0.1) is 0 Å². The molecule has 0 bridgehead atoms. The molecule has 2 N–H and O–H groups in total. The average molecular weight is 417 g/mol. The molecule has 154 valence electrons. The number of carbonyl (C=O) groups excluding carboxylic acids is 1. The number of benzene rings is 1. The van der Waals surface area contributed by atoms with Crippen molar-refractivity contribution in [2.75, 3.05) is 44.2 Å². The Labute approximate surface area is 173 Å². The summed E-state index contributed by atoms with van der Waals surface area (Å²) in [6, 6.07) is 9.64. The lowest BCUT2D eigenvalue weighted by Gasteiger charge is -2.36. The van der Waals surface area contributed by atoms with E-state index in [1.165, 1.54) is 16.4 Å². The van der Waals surface area contributed by atoms with Crippen LogP contribution >= 0.6 is 11.5 Å². The molecule has 2 saturated heterocycles. The molecule has 1 unspecified atom stereocenters. The van der Waals surface area contributed by atoms with Gasteiger partial charge in [0, 0.05) is 62.4 Å². The highest BCUT2D eigenvalue weighted by atomic mass is 32.1. The van der Waals surface area contributed by atoms with Crippen molar-refractivity contribution in [3.05, 3.63) is 30.3 Å². The second-order valence-electron chi connectivity index (χ2n) is 7.26. The summed E-state index contributed by atoms with van der Waals surface area (Å²) in [5.41, 5.74) is 0.996. The Morgan fingerprint density at radius 3 is 2.55 bits per heavy atom. The number of nitrogens with zero attached hydrogens (tertiary/aromatic N) is 5. The number of piperidine rings is 1. The first-order chi connectivity index (χ1) is 14.1. The second-order valence-corrected chi connectivity index (χ2v) is 7.99. The molecule has 2 aliphatic rings. The van der Waals surface area contributed by atoms with Crippen molar-refractivity contribution in [2.24, 2.45) is 0 Å². The number of carbonyl (C=O) groups is 2. The Hall–Kier alpha value is -2.88. The molecule has 2 aromatic rings. The number of likely N-dealkylation sites (tertiary alicyclic amines) is 1. The smallest absolute Gasteiger partial charge is 0.407 e. The fourth-order valence-corrected chi connectivity index (χ4v) is 4.42. The Morgan fingerprint density at radius 1 is 1.07 bits per heavy atom. The molecule has 2 fully saturated rings. The fourth-order valence-electron chi connectivity index (χ4n) is 3.68. The summed E-state index contributed by atoms with van der Waals surface area (Å²) in [7, 11) is 0. The zero-order valence-electron chi connectivity index (χ0n) is 16.0. The van der Waals surface area contributed by atoms with E-state index in [4.69, 9.17) is 5.11 Å². The van der Waals surface area contributed by atoms with Gasteiger partial charge in [0.25, 0.3) is 0 Å². The van der Waals surface area contributed by atoms with Crippen LogP contribution in [-0.4, -0.2) is 81.7 Å². The standard InChI is InChI=1S/C19H24N6O3S/c26-17(20-15-7-4-8-25(13-15)19(27)28)23-9-11-24(12-10-23)18-21-16(22-29-18)14-5-2-1-3-6-14/h1-3,5-6,15H,4,7-13H2,(H,20,26)(H,27,28). The summed E-state index contributed by atoms with van der Waals surface area (Å²) < 4.78 is 4.46. The van der Waals surface area contributed by atoms with Gasteiger partial charge in [-0.3, -0.25) is 0 Å². The number of carboxylic acid groups (broad SMARTS) is 1. The van der Waals surface area contributed by atoms with E-state index in [0.717, 1.165) is 29.4 Å². The third-order valence-corrected chi connectivity index (χ3v) is 6.08. The molecule has 1 aromatic carbocycles. The van der Waals surface area contributed by atoms with E-state index in [0.29, 0.717) is 39.3 Å². The van der Waals surface area contributed by atoms with Crippen LogP contribution in [0.15, 0.2) is 30.3 Å². The highest BCUT2D eigenvalue weighted by molar-refractivity contribution is 7.09. The molecular weight excluding hydrogens is 392 g/mol. The van der Waals surface area contributed by atoms with E-state index in [2.05, 4.69) is 19.6 Å². The first-order valence-corrected chi connectivity index (χ1v) is 10.5. The van der Waals surface area contributed by atoms with Gasteiger partial charge in [-0.05, 0) is 12.8 Å². The topological polar surface area (TPSA) is 102 Å². The van der Waals surface area contributed by atoms with Crippen LogP contribution in [0.1, 0.15) is 12.8 Å². The number of anilines is 1. The van der Waals surface area contributed by atoms with E-state index in [-0.39, 0.29) is 12.1 Å². The zero-order chi connectivity index (χ0) is 20.2. The Morgan fingerprint density at radius 2 is 1.83 bits per heavy atom. The predicted molar refractivity (Wildman–Crippen MR) is 110 cm³/mol.